The van der Waals surface area contributed by atoms with E-state index in [4.69, 9.17) is 16.3 Å². The first-order valence-corrected chi connectivity index (χ1v) is 11.7. The van der Waals surface area contributed by atoms with Crippen LogP contribution in [0.5, 0.6) is 5.75 Å². The van der Waals surface area contributed by atoms with Crippen LogP contribution in [0.15, 0.2) is 36.4 Å². The molecule has 172 valence electrons. The lowest BCUT2D eigenvalue weighted by molar-refractivity contribution is -0.142. The Labute approximate surface area is 196 Å². The summed E-state index contributed by atoms with van der Waals surface area (Å²) in [6.07, 6.45) is 4.28. The number of halogens is 1. The standard InChI is InChI=1S/C26H33ClN2O3/c1-17-8-7-9-21(12-17)15-29(20(4)26(31)28-22-10-5-6-11-22)24(30)16-32-23-13-18(2)25(27)19(3)14-23/h7-9,12-14,20,22H,5-6,10-11,15-16H2,1-4H3,(H,28,31)/t20-/m0/s1. The van der Waals surface area contributed by atoms with E-state index >= 15 is 0 Å². The predicted octanol–water partition coefficient (Wildman–Crippen LogP) is 5.12. The van der Waals surface area contributed by atoms with Crippen molar-refractivity contribution >= 4 is 23.4 Å². The third kappa shape index (κ3) is 6.26. The molecule has 1 N–H and O–H groups in total. The first-order chi connectivity index (χ1) is 15.2. The van der Waals surface area contributed by atoms with Crippen LogP contribution < -0.4 is 10.1 Å². The zero-order valence-corrected chi connectivity index (χ0v) is 20.2. The molecule has 1 aliphatic rings. The Kier molecular flexibility index (Phi) is 8.19. The summed E-state index contributed by atoms with van der Waals surface area (Å²) in [7, 11) is 0. The molecule has 0 bridgehead atoms. The topological polar surface area (TPSA) is 58.6 Å². The summed E-state index contributed by atoms with van der Waals surface area (Å²) in [5, 5.41) is 3.81. The minimum Gasteiger partial charge on any atom is -0.484 e. The lowest BCUT2D eigenvalue weighted by Crippen LogP contribution is -2.50. The van der Waals surface area contributed by atoms with E-state index in [-0.39, 0.29) is 24.5 Å². The molecular formula is C26H33ClN2O3. The molecule has 1 saturated carbocycles. The summed E-state index contributed by atoms with van der Waals surface area (Å²) in [5.41, 5.74) is 3.89. The Morgan fingerprint density at radius 3 is 2.41 bits per heavy atom. The second kappa shape index (κ2) is 10.9. The number of rotatable bonds is 8. The fourth-order valence-electron chi connectivity index (χ4n) is 4.20. The molecule has 2 amide bonds. The van der Waals surface area contributed by atoms with Crippen molar-refractivity contribution in [2.45, 2.75) is 72.0 Å². The summed E-state index contributed by atoms with van der Waals surface area (Å²) < 4.78 is 5.81. The van der Waals surface area contributed by atoms with Crippen LogP contribution in [-0.4, -0.2) is 35.4 Å². The molecule has 0 heterocycles. The number of carbonyl (C=O) groups is 2. The number of aryl methyl sites for hydroxylation is 3. The molecular weight excluding hydrogens is 424 g/mol. The molecule has 3 rings (SSSR count). The quantitative estimate of drug-likeness (QED) is 0.599. The Hall–Kier alpha value is -2.53. The molecule has 1 aliphatic carbocycles. The van der Waals surface area contributed by atoms with Crippen molar-refractivity contribution in [3.05, 3.63) is 63.7 Å². The number of nitrogens with one attached hydrogen (secondary N) is 1. The number of carbonyl (C=O) groups excluding carboxylic acids is 2. The summed E-state index contributed by atoms with van der Waals surface area (Å²) >= 11 is 6.24. The van der Waals surface area contributed by atoms with Gasteiger partial charge in [-0.05, 0) is 69.4 Å². The van der Waals surface area contributed by atoms with Crippen molar-refractivity contribution < 1.29 is 14.3 Å². The minimum atomic E-state index is -0.596. The number of benzene rings is 2. The number of amides is 2. The summed E-state index contributed by atoms with van der Waals surface area (Å²) in [6, 6.07) is 11.2. The van der Waals surface area contributed by atoms with Crippen molar-refractivity contribution in [3.63, 3.8) is 0 Å². The van der Waals surface area contributed by atoms with Gasteiger partial charge in [0.1, 0.15) is 11.8 Å². The molecule has 1 fully saturated rings. The van der Waals surface area contributed by atoms with Gasteiger partial charge >= 0.3 is 0 Å². The molecule has 0 radical (unpaired) electrons. The van der Waals surface area contributed by atoms with Crippen LogP contribution in [0.1, 0.15) is 54.9 Å². The van der Waals surface area contributed by atoms with Crippen LogP contribution in [0.25, 0.3) is 0 Å². The van der Waals surface area contributed by atoms with Crippen LogP contribution in [0.3, 0.4) is 0 Å². The molecule has 0 aromatic heterocycles. The Morgan fingerprint density at radius 1 is 1.12 bits per heavy atom. The van der Waals surface area contributed by atoms with E-state index in [2.05, 4.69) is 5.32 Å². The first-order valence-electron chi connectivity index (χ1n) is 11.3. The highest BCUT2D eigenvalue weighted by atomic mass is 35.5. The molecule has 32 heavy (non-hydrogen) atoms. The summed E-state index contributed by atoms with van der Waals surface area (Å²) in [4.78, 5) is 27.8. The molecule has 0 spiro atoms. The zero-order chi connectivity index (χ0) is 23.3. The molecule has 0 unspecified atom stereocenters. The van der Waals surface area contributed by atoms with E-state index in [1.807, 2.05) is 57.2 Å². The Balaban J connectivity index is 1.74. The van der Waals surface area contributed by atoms with Gasteiger partial charge in [-0.2, -0.15) is 0 Å². The normalized spacial score (nSPS) is 14.8. The Morgan fingerprint density at radius 2 is 1.78 bits per heavy atom. The molecule has 0 saturated heterocycles. The minimum absolute atomic E-state index is 0.115. The van der Waals surface area contributed by atoms with Gasteiger partial charge in [-0.3, -0.25) is 9.59 Å². The average Bonchev–Trinajstić information content (AvgIpc) is 3.26. The van der Waals surface area contributed by atoms with Crippen LogP contribution >= 0.6 is 11.6 Å². The number of hydrogen-bond acceptors (Lipinski definition) is 3. The predicted molar refractivity (Wildman–Crippen MR) is 128 cm³/mol. The van der Waals surface area contributed by atoms with Gasteiger partial charge in [0.25, 0.3) is 5.91 Å². The van der Waals surface area contributed by atoms with Gasteiger partial charge in [0.05, 0.1) is 0 Å². The Bertz CT molecular complexity index is 946. The van der Waals surface area contributed by atoms with Gasteiger partial charge in [-0.15, -0.1) is 0 Å². The van der Waals surface area contributed by atoms with E-state index in [0.717, 1.165) is 47.9 Å². The molecule has 6 heteroatoms. The second-order valence-electron chi connectivity index (χ2n) is 8.84. The largest absolute Gasteiger partial charge is 0.484 e. The maximum atomic E-state index is 13.2. The van der Waals surface area contributed by atoms with Crippen LogP contribution in [0.4, 0.5) is 0 Å². The van der Waals surface area contributed by atoms with Crippen molar-refractivity contribution in [1.82, 2.24) is 10.2 Å². The lowest BCUT2D eigenvalue weighted by Gasteiger charge is -2.29. The molecule has 5 nitrogen and oxygen atoms in total. The smallest absolute Gasteiger partial charge is 0.261 e. The highest BCUT2D eigenvalue weighted by Crippen LogP contribution is 2.26. The van der Waals surface area contributed by atoms with E-state index in [1.54, 1.807) is 11.8 Å². The van der Waals surface area contributed by atoms with E-state index in [9.17, 15) is 9.59 Å². The summed E-state index contributed by atoms with van der Waals surface area (Å²) in [5.74, 6) is 0.248. The van der Waals surface area contributed by atoms with Gasteiger partial charge < -0.3 is 15.0 Å². The zero-order valence-electron chi connectivity index (χ0n) is 19.4. The van der Waals surface area contributed by atoms with Crippen molar-refractivity contribution in [2.24, 2.45) is 0 Å². The highest BCUT2D eigenvalue weighted by Gasteiger charge is 2.28. The van der Waals surface area contributed by atoms with Gasteiger partial charge in [0.15, 0.2) is 6.61 Å². The maximum absolute atomic E-state index is 13.2. The highest BCUT2D eigenvalue weighted by molar-refractivity contribution is 6.32. The van der Waals surface area contributed by atoms with E-state index in [1.165, 1.54) is 0 Å². The van der Waals surface area contributed by atoms with Gasteiger partial charge in [-0.25, -0.2) is 0 Å². The van der Waals surface area contributed by atoms with Gasteiger partial charge in [0, 0.05) is 17.6 Å². The summed E-state index contributed by atoms with van der Waals surface area (Å²) in [6.45, 7) is 7.82. The molecule has 2 aromatic carbocycles. The lowest BCUT2D eigenvalue weighted by atomic mass is 10.1. The maximum Gasteiger partial charge on any atom is 0.261 e. The SMILES string of the molecule is Cc1cccc(CN(C(=O)COc2cc(C)c(Cl)c(C)c2)[C@@H](C)C(=O)NC2CCCC2)c1. The average molecular weight is 457 g/mol. The van der Waals surface area contributed by atoms with E-state index < -0.39 is 6.04 Å². The van der Waals surface area contributed by atoms with Crippen LogP contribution in [-0.2, 0) is 16.1 Å². The molecule has 2 aromatic rings. The van der Waals surface area contributed by atoms with Gasteiger partial charge in [-0.1, -0.05) is 54.3 Å². The molecule has 1 atom stereocenters. The third-order valence-corrected chi connectivity index (χ3v) is 6.67. The van der Waals surface area contributed by atoms with Crippen LogP contribution in [0.2, 0.25) is 5.02 Å². The molecule has 0 aliphatic heterocycles. The fraction of sp³-hybridized carbons (Fsp3) is 0.462. The fourth-order valence-corrected chi connectivity index (χ4v) is 4.31. The third-order valence-electron chi connectivity index (χ3n) is 6.08. The van der Waals surface area contributed by atoms with Crippen LogP contribution in [0, 0.1) is 20.8 Å². The number of ether oxygens (including phenoxy) is 1. The first kappa shape index (κ1) is 24.1. The van der Waals surface area contributed by atoms with Crippen molar-refractivity contribution in [3.8, 4) is 5.75 Å². The monoisotopic (exact) mass is 456 g/mol. The van der Waals surface area contributed by atoms with Crippen molar-refractivity contribution in [2.75, 3.05) is 6.61 Å². The van der Waals surface area contributed by atoms with Crippen molar-refractivity contribution in [1.29, 1.82) is 0 Å². The number of hydrogen-bond donors (Lipinski definition) is 1. The van der Waals surface area contributed by atoms with E-state index in [0.29, 0.717) is 17.3 Å². The van der Waals surface area contributed by atoms with Gasteiger partial charge in [0.2, 0.25) is 5.91 Å². The second-order valence-corrected chi connectivity index (χ2v) is 9.21. The number of nitrogens with zero attached hydrogens (tertiary/aromatic N) is 1.